The second-order valence-corrected chi connectivity index (χ2v) is 7.23. The van der Waals surface area contributed by atoms with E-state index in [2.05, 4.69) is 11.8 Å². The van der Waals surface area contributed by atoms with Gasteiger partial charge in [0.05, 0.1) is 13.2 Å². The smallest absolute Gasteiger partial charge is 0.200 e. The van der Waals surface area contributed by atoms with Gasteiger partial charge >= 0.3 is 0 Å². The molecule has 0 spiro atoms. The van der Waals surface area contributed by atoms with Crippen molar-refractivity contribution in [3.63, 3.8) is 0 Å². The SMILES string of the molecule is Fc1c(F)c(F)c(C#CCCCCCCCCCCCOCCOI)c(F)c1F. The van der Waals surface area contributed by atoms with Crippen LogP contribution in [-0.4, -0.2) is 19.8 Å². The summed E-state index contributed by atoms with van der Waals surface area (Å²) in [5, 5.41) is 0. The minimum Gasteiger partial charge on any atom is -0.379 e. The maximum absolute atomic E-state index is 13.5. The van der Waals surface area contributed by atoms with Crippen molar-refractivity contribution in [2.24, 2.45) is 0 Å². The number of halogens is 6. The Bertz CT molecular complexity index is 644. The van der Waals surface area contributed by atoms with Crippen LogP contribution < -0.4 is 0 Å². The van der Waals surface area contributed by atoms with Gasteiger partial charge in [0.2, 0.25) is 5.82 Å². The fraction of sp³-hybridized carbons (Fsp3) is 0.619. The van der Waals surface area contributed by atoms with Crippen molar-refractivity contribution in [3.8, 4) is 11.8 Å². The fourth-order valence-electron chi connectivity index (χ4n) is 2.71. The van der Waals surface area contributed by atoms with E-state index in [4.69, 9.17) is 7.80 Å². The summed E-state index contributed by atoms with van der Waals surface area (Å²) in [6.45, 7) is 2.02. The molecule has 0 bridgehead atoms. The molecule has 1 aromatic rings. The predicted molar refractivity (Wildman–Crippen MR) is 110 cm³/mol. The fourth-order valence-corrected chi connectivity index (χ4v) is 2.89. The van der Waals surface area contributed by atoms with Crippen molar-refractivity contribution < 1.29 is 29.8 Å². The monoisotopic (exact) mass is 532 g/mol. The van der Waals surface area contributed by atoms with Crippen molar-refractivity contribution in [1.29, 1.82) is 0 Å². The molecule has 0 heterocycles. The lowest BCUT2D eigenvalue weighted by Crippen LogP contribution is -2.04. The van der Waals surface area contributed by atoms with E-state index in [0.717, 1.165) is 51.6 Å². The summed E-state index contributed by atoms with van der Waals surface area (Å²) >= 11 is 1.84. The molecule has 0 aliphatic carbocycles. The van der Waals surface area contributed by atoms with E-state index in [9.17, 15) is 22.0 Å². The molecule has 2 nitrogen and oxygen atoms in total. The first-order valence-corrected chi connectivity index (χ1v) is 10.7. The number of hydrogen-bond donors (Lipinski definition) is 0. The summed E-state index contributed by atoms with van der Waals surface area (Å²) in [5.74, 6) is -5.29. The van der Waals surface area contributed by atoms with E-state index >= 15 is 0 Å². The summed E-state index contributed by atoms with van der Waals surface area (Å²) in [5.41, 5.74) is -1.06. The van der Waals surface area contributed by atoms with E-state index in [1.54, 1.807) is 0 Å². The summed E-state index contributed by atoms with van der Waals surface area (Å²) in [4.78, 5) is 0. The van der Waals surface area contributed by atoms with Crippen molar-refractivity contribution in [2.45, 2.75) is 64.2 Å². The van der Waals surface area contributed by atoms with E-state index < -0.39 is 34.6 Å². The maximum Gasteiger partial charge on any atom is 0.200 e. The van der Waals surface area contributed by atoms with Crippen molar-refractivity contribution >= 4 is 23.0 Å². The number of hydrogen-bond acceptors (Lipinski definition) is 2. The van der Waals surface area contributed by atoms with Gasteiger partial charge in [0.1, 0.15) is 28.6 Å². The molecule has 0 radical (unpaired) electrons. The maximum atomic E-state index is 13.5. The van der Waals surface area contributed by atoms with Crippen LogP contribution in [0.15, 0.2) is 0 Å². The van der Waals surface area contributed by atoms with Crippen molar-refractivity contribution in [1.82, 2.24) is 0 Å². The highest BCUT2D eigenvalue weighted by atomic mass is 127. The van der Waals surface area contributed by atoms with Gasteiger partial charge in [-0.1, -0.05) is 56.8 Å². The zero-order valence-electron chi connectivity index (χ0n) is 16.3. The first kappa shape index (κ1) is 26.1. The molecule has 0 fully saturated rings. The lowest BCUT2D eigenvalue weighted by atomic mass is 10.1. The Hall–Kier alpha value is -0.920. The predicted octanol–water partition coefficient (Wildman–Crippen LogP) is 7.02. The Kier molecular flexibility index (Phi) is 14.3. The molecule has 164 valence electrons. The summed E-state index contributed by atoms with van der Waals surface area (Å²) in [6, 6.07) is 0. The van der Waals surface area contributed by atoms with E-state index in [1.807, 2.05) is 23.0 Å². The Morgan fingerprint density at radius 2 is 1.07 bits per heavy atom. The number of unbranched alkanes of at least 4 members (excludes halogenated alkanes) is 9. The van der Waals surface area contributed by atoms with Crippen LogP contribution in [0.4, 0.5) is 22.0 Å². The molecule has 0 aliphatic rings. The van der Waals surface area contributed by atoms with Gasteiger partial charge in [0, 0.05) is 13.0 Å². The minimum atomic E-state index is -2.17. The third-order valence-corrected chi connectivity index (χ3v) is 4.76. The highest BCUT2D eigenvalue weighted by Crippen LogP contribution is 2.22. The standard InChI is InChI=1S/C21H26F5IO2/c22-17-16(18(23)20(25)21(26)19(17)24)12-10-8-6-4-2-1-3-5-7-9-11-13-28-14-15-29-27/h1-9,11,13-15H2. The molecule has 1 aromatic carbocycles. The second-order valence-electron chi connectivity index (χ2n) is 6.60. The summed E-state index contributed by atoms with van der Waals surface area (Å²) < 4.78 is 76.3. The molecule has 0 N–H and O–H groups in total. The molecule has 0 unspecified atom stereocenters. The largest absolute Gasteiger partial charge is 0.379 e. The van der Waals surface area contributed by atoms with Crippen LogP contribution in [0.2, 0.25) is 0 Å². The molecular formula is C21H26F5IO2. The Morgan fingerprint density at radius 1 is 0.586 bits per heavy atom. The zero-order valence-corrected chi connectivity index (χ0v) is 18.4. The van der Waals surface area contributed by atoms with Gasteiger partial charge in [-0.15, -0.1) is 0 Å². The molecule has 0 aliphatic heterocycles. The van der Waals surface area contributed by atoms with Crippen LogP contribution in [0.5, 0.6) is 0 Å². The van der Waals surface area contributed by atoms with Gasteiger partial charge in [0.15, 0.2) is 23.3 Å². The molecule has 0 saturated heterocycles. The average molecular weight is 532 g/mol. The molecule has 0 saturated carbocycles. The van der Waals surface area contributed by atoms with E-state index in [0.29, 0.717) is 19.6 Å². The van der Waals surface area contributed by atoms with E-state index in [1.165, 1.54) is 12.8 Å². The molecule has 8 heteroatoms. The summed E-state index contributed by atoms with van der Waals surface area (Å²) in [7, 11) is 0. The molecule has 1 rings (SSSR count). The van der Waals surface area contributed by atoms with Gasteiger partial charge in [-0.3, -0.25) is 0 Å². The molecule has 29 heavy (non-hydrogen) atoms. The van der Waals surface area contributed by atoms with Crippen LogP contribution >= 0.6 is 23.0 Å². The van der Waals surface area contributed by atoms with Crippen LogP contribution in [0, 0.1) is 40.9 Å². The van der Waals surface area contributed by atoms with Crippen molar-refractivity contribution in [2.75, 3.05) is 19.8 Å². The Morgan fingerprint density at radius 3 is 1.62 bits per heavy atom. The number of ether oxygens (including phenoxy) is 1. The topological polar surface area (TPSA) is 18.5 Å². The van der Waals surface area contributed by atoms with E-state index in [-0.39, 0.29) is 0 Å². The zero-order chi connectivity index (χ0) is 21.5. The van der Waals surface area contributed by atoms with Gasteiger partial charge in [-0.2, -0.15) is 0 Å². The van der Waals surface area contributed by atoms with Crippen LogP contribution in [-0.2, 0) is 7.80 Å². The minimum absolute atomic E-state index is 0.349. The first-order chi connectivity index (χ1) is 14.0. The first-order valence-electron chi connectivity index (χ1n) is 9.82. The van der Waals surface area contributed by atoms with Gasteiger partial charge in [-0.05, 0) is 12.8 Å². The quantitative estimate of drug-likeness (QED) is 0.0641. The number of benzene rings is 1. The molecule has 0 aromatic heterocycles. The summed E-state index contributed by atoms with van der Waals surface area (Å²) in [6.07, 6.45) is 9.84. The third-order valence-electron chi connectivity index (χ3n) is 4.32. The van der Waals surface area contributed by atoms with Gasteiger partial charge < -0.3 is 7.80 Å². The lowest BCUT2D eigenvalue weighted by Gasteiger charge is -2.03. The second kappa shape index (κ2) is 15.9. The Labute approximate surface area is 183 Å². The van der Waals surface area contributed by atoms with Gasteiger partial charge in [0.25, 0.3) is 0 Å². The molecule has 0 atom stereocenters. The molecular weight excluding hydrogens is 506 g/mol. The average Bonchev–Trinajstić information content (AvgIpc) is 2.72. The van der Waals surface area contributed by atoms with Crippen LogP contribution in [0.1, 0.15) is 69.8 Å². The molecule has 0 amide bonds. The van der Waals surface area contributed by atoms with Gasteiger partial charge in [-0.25, -0.2) is 22.0 Å². The van der Waals surface area contributed by atoms with Crippen LogP contribution in [0.25, 0.3) is 0 Å². The Balaban J connectivity index is 2.08. The van der Waals surface area contributed by atoms with Crippen molar-refractivity contribution in [3.05, 3.63) is 34.6 Å². The normalized spacial score (nSPS) is 10.8. The lowest BCUT2D eigenvalue weighted by molar-refractivity contribution is 0.109. The number of rotatable bonds is 14. The highest BCUT2D eigenvalue weighted by molar-refractivity contribution is 14.1. The third kappa shape index (κ3) is 10.1. The highest BCUT2D eigenvalue weighted by Gasteiger charge is 2.24. The van der Waals surface area contributed by atoms with Crippen LogP contribution in [0.3, 0.4) is 0 Å².